The van der Waals surface area contributed by atoms with Gasteiger partial charge in [0.15, 0.2) is 0 Å². The highest BCUT2D eigenvalue weighted by Gasteiger charge is 2.09. The van der Waals surface area contributed by atoms with Crippen LogP contribution in [0.5, 0.6) is 5.75 Å². The third kappa shape index (κ3) is 4.94. The van der Waals surface area contributed by atoms with Crippen molar-refractivity contribution in [3.63, 3.8) is 0 Å². The van der Waals surface area contributed by atoms with Gasteiger partial charge in [-0.3, -0.25) is 8.76 Å². The van der Waals surface area contributed by atoms with E-state index >= 15 is 0 Å². The summed E-state index contributed by atoms with van der Waals surface area (Å²) in [4.78, 5) is 0.606. The molecule has 0 amide bonds. The molecule has 118 valence electrons. The third-order valence-electron chi connectivity index (χ3n) is 2.99. The monoisotopic (exact) mass is 340 g/mol. The molecule has 7 heteroatoms. The summed E-state index contributed by atoms with van der Waals surface area (Å²) in [5, 5.41) is 0. The molecular formula is C15H16O5S2. The maximum atomic E-state index is 12.3. The Balaban J connectivity index is 2.05. The molecule has 0 fully saturated rings. The Morgan fingerprint density at radius 3 is 2.05 bits per heavy atom. The van der Waals surface area contributed by atoms with E-state index in [0.717, 1.165) is 11.3 Å². The van der Waals surface area contributed by atoms with Crippen molar-refractivity contribution in [3.8, 4) is 5.75 Å². The van der Waals surface area contributed by atoms with E-state index in [9.17, 15) is 12.6 Å². The number of hydrogen-bond donors (Lipinski definition) is 1. The highest BCUT2D eigenvalue weighted by atomic mass is 32.2. The molecular weight excluding hydrogens is 324 g/mol. The lowest BCUT2D eigenvalue weighted by atomic mass is 10.2. The number of ether oxygens (including phenoxy) is 1. The van der Waals surface area contributed by atoms with Gasteiger partial charge in [0.1, 0.15) is 11.5 Å². The van der Waals surface area contributed by atoms with Gasteiger partial charge in [-0.05, 0) is 35.4 Å². The molecule has 1 atom stereocenters. The summed E-state index contributed by atoms with van der Waals surface area (Å²) in [6, 6.07) is 13.6. The van der Waals surface area contributed by atoms with Crippen LogP contribution in [-0.2, 0) is 32.4 Å². The summed E-state index contributed by atoms with van der Waals surface area (Å²) in [6.07, 6.45) is 0. The van der Waals surface area contributed by atoms with Crippen molar-refractivity contribution in [1.29, 1.82) is 0 Å². The topological polar surface area (TPSA) is 80.7 Å². The first-order valence-corrected chi connectivity index (χ1v) is 9.35. The van der Waals surface area contributed by atoms with Crippen molar-refractivity contribution in [2.24, 2.45) is 0 Å². The summed E-state index contributed by atoms with van der Waals surface area (Å²) in [5.41, 5.74) is 1.37. The quantitative estimate of drug-likeness (QED) is 0.817. The van der Waals surface area contributed by atoms with E-state index in [1.165, 1.54) is 0 Å². The highest BCUT2D eigenvalue weighted by molar-refractivity contribution is 7.85. The van der Waals surface area contributed by atoms with Gasteiger partial charge >= 0.3 is 0 Å². The van der Waals surface area contributed by atoms with Crippen LogP contribution in [-0.4, -0.2) is 24.3 Å². The van der Waals surface area contributed by atoms with E-state index in [2.05, 4.69) is 0 Å². The second-order valence-corrected chi connectivity index (χ2v) is 7.61. The molecule has 0 saturated carbocycles. The van der Waals surface area contributed by atoms with E-state index in [0.29, 0.717) is 16.2 Å². The maximum Gasteiger partial charge on any atom is 0.269 e. The van der Waals surface area contributed by atoms with Crippen molar-refractivity contribution in [2.75, 3.05) is 7.11 Å². The fraction of sp³-hybridized carbons (Fsp3) is 0.200. The predicted octanol–water partition coefficient (Wildman–Crippen LogP) is 2.39. The van der Waals surface area contributed by atoms with Gasteiger partial charge in [0.25, 0.3) is 10.1 Å². The van der Waals surface area contributed by atoms with Gasteiger partial charge in [-0.15, -0.1) is 0 Å². The Hall–Kier alpha value is -1.70. The lowest BCUT2D eigenvalue weighted by Crippen LogP contribution is -2.02. The molecule has 22 heavy (non-hydrogen) atoms. The zero-order valence-corrected chi connectivity index (χ0v) is 13.6. The van der Waals surface area contributed by atoms with Crippen LogP contribution >= 0.6 is 0 Å². The van der Waals surface area contributed by atoms with E-state index in [-0.39, 0.29) is 0 Å². The average Bonchev–Trinajstić information content (AvgIpc) is 2.47. The molecule has 0 spiro atoms. The van der Waals surface area contributed by atoms with Crippen LogP contribution in [0.4, 0.5) is 0 Å². The van der Waals surface area contributed by atoms with E-state index in [1.807, 2.05) is 24.3 Å². The summed E-state index contributed by atoms with van der Waals surface area (Å²) in [5.74, 6) is 0.657. The number of methoxy groups -OCH3 is 1. The zero-order valence-electron chi connectivity index (χ0n) is 11.9. The minimum Gasteiger partial charge on any atom is -0.497 e. The molecule has 1 unspecified atom stereocenters. The van der Waals surface area contributed by atoms with Gasteiger partial charge in [-0.1, -0.05) is 24.3 Å². The van der Waals surface area contributed by atoms with Crippen molar-refractivity contribution >= 4 is 20.9 Å². The zero-order chi connectivity index (χ0) is 16.2. The second kappa shape index (κ2) is 7.04. The first-order valence-electron chi connectivity index (χ1n) is 6.43. The molecule has 0 aliphatic carbocycles. The fourth-order valence-electron chi connectivity index (χ4n) is 1.90. The molecule has 0 heterocycles. The molecule has 0 radical (unpaired) electrons. The van der Waals surface area contributed by atoms with E-state index in [4.69, 9.17) is 9.29 Å². The highest BCUT2D eigenvalue weighted by Crippen LogP contribution is 2.17. The number of rotatable bonds is 6. The van der Waals surface area contributed by atoms with Gasteiger partial charge < -0.3 is 4.74 Å². The lowest BCUT2D eigenvalue weighted by Gasteiger charge is -2.05. The van der Waals surface area contributed by atoms with Gasteiger partial charge in [0.05, 0.1) is 23.7 Å². The van der Waals surface area contributed by atoms with Gasteiger partial charge in [0.2, 0.25) is 0 Å². The van der Waals surface area contributed by atoms with Gasteiger partial charge in [-0.2, -0.15) is 8.42 Å². The average molecular weight is 340 g/mol. The fourth-order valence-corrected chi connectivity index (χ4v) is 3.62. The minimum absolute atomic E-state index is 0.363. The number of benzene rings is 2. The molecule has 0 saturated heterocycles. The smallest absolute Gasteiger partial charge is 0.269 e. The largest absolute Gasteiger partial charge is 0.497 e. The molecule has 2 aromatic rings. The van der Waals surface area contributed by atoms with Crippen LogP contribution in [0.25, 0.3) is 0 Å². The van der Waals surface area contributed by atoms with Crippen molar-refractivity contribution in [1.82, 2.24) is 0 Å². The Kier molecular flexibility index (Phi) is 5.33. The first kappa shape index (κ1) is 16.7. The van der Waals surface area contributed by atoms with Gasteiger partial charge in [0, 0.05) is 4.90 Å². The molecule has 0 bridgehead atoms. The van der Waals surface area contributed by atoms with Crippen LogP contribution in [0.15, 0.2) is 53.4 Å². The summed E-state index contributed by atoms with van der Waals surface area (Å²) in [6.45, 7) is 0. The number of hydrogen-bond acceptors (Lipinski definition) is 4. The van der Waals surface area contributed by atoms with Crippen LogP contribution in [0.2, 0.25) is 0 Å². The maximum absolute atomic E-state index is 12.3. The molecule has 2 rings (SSSR count). The Morgan fingerprint density at radius 1 is 1.00 bits per heavy atom. The van der Waals surface area contributed by atoms with Crippen LogP contribution < -0.4 is 4.74 Å². The Morgan fingerprint density at radius 2 is 1.55 bits per heavy atom. The van der Waals surface area contributed by atoms with Gasteiger partial charge in [-0.25, -0.2) is 0 Å². The third-order valence-corrected chi connectivity index (χ3v) is 5.08. The van der Waals surface area contributed by atoms with Crippen LogP contribution in [0.1, 0.15) is 11.1 Å². The normalized spacial score (nSPS) is 12.8. The molecule has 1 N–H and O–H groups in total. The van der Waals surface area contributed by atoms with Crippen molar-refractivity contribution < 1.29 is 21.9 Å². The minimum atomic E-state index is -4.05. The lowest BCUT2D eigenvalue weighted by molar-refractivity contribution is 0.414. The molecule has 0 aliphatic heterocycles. The second-order valence-electron chi connectivity index (χ2n) is 4.71. The SMILES string of the molecule is COc1ccc(CS(=O)c2ccc(CS(=O)(=O)O)cc2)cc1. The molecule has 2 aromatic carbocycles. The van der Waals surface area contributed by atoms with Crippen molar-refractivity contribution in [2.45, 2.75) is 16.4 Å². The molecule has 5 nitrogen and oxygen atoms in total. The first-order chi connectivity index (χ1) is 10.4. The summed E-state index contributed by atoms with van der Waals surface area (Å²) < 4.78 is 47.7. The summed E-state index contributed by atoms with van der Waals surface area (Å²) >= 11 is 0. The molecule has 0 aliphatic rings. The Bertz CT molecular complexity index is 750. The Labute approximate surface area is 132 Å². The predicted molar refractivity (Wildman–Crippen MR) is 84.8 cm³/mol. The van der Waals surface area contributed by atoms with Crippen LogP contribution in [0, 0.1) is 0 Å². The molecule has 0 aromatic heterocycles. The van der Waals surface area contributed by atoms with E-state index in [1.54, 1.807) is 31.4 Å². The standard InChI is InChI=1S/C15H16O5S2/c1-20-14-6-2-12(3-7-14)10-21(16)15-8-4-13(5-9-15)11-22(17,18)19/h2-9H,10-11H2,1H3,(H,17,18,19). The van der Waals surface area contributed by atoms with Crippen LogP contribution in [0.3, 0.4) is 0 Å². The summed E-state index contributed by atoms with van der Waals surface area (Å²) in [7, 11) is -3.70. The van der Waals surface area contributed by atoms with Crippen molar-refractivity contribution in [3.05, 3.63) is 59.7 Å². The van der Waals surface area contributed by atoms with E-state index < -0.39 is 26.7 Å².